The second-order valence-corrected chi connectivity index (χ2v) is 5.98. The predicted octanol–water partition coefficient (Wildman–Crippen LogP) is 2.93. The summed E-state index contributed by atoms with van der Waals surface area (Å²) in [5, 5.41) is 7.00. The molecule has 1 atom stereocenters. The third-order valence-electron chi connectivity index (χ3n) is 3.93. The van der Waals surface area contributed by atoms with Crippen molar-refractivity contribution in [3.05, 3.63) is 52.9 Å². The van der Waals surface area contributed by atoms with Gasteiger partial charge in [-0.3, -0.25) is 9.48 Å². The summed E-state index contributed by atoms with van der Waals surface area (Å²) in [6.07, 6.45) is 2.08. The van der Waals surface area contributed by atoms with Gasteiger partial charge in [-0.1, -0.05) is 17.7 Å². The number of hydrogen-bond donors (Lipinski definition) is 1. The highest BCUT2D eigenvalue weighted by Gasteiger charge is 2.17. The van der Waals surface area contributed by atoms with Gasteiger partial charge in [0.05, 0.1) is 5.69 Å². The Bertz CT molecular complexity index is 804. The number of aromatic nitrogens is 2. The number of carbonyl (C=O) groups excluding carboxylic acids is 2. The molecule has 0 aliphatic rings. The van der Waals surface area contributed by atoms with E-state index in [9.17, 15) is 9.59 Å². The summed E-state index contributed by atoms with van der Waals surface area (Å²) in [5.41, 5.74) is 4.41. The molecule has 0 spiro atoms. The van der Waals surface area contributed by atoms with Crippen LogP contribution in [0.1, 0.15) is 29.4 Å². The van der Waals surface area contributed by atoms with Gasteiger partial charge in [-0.05, 0) is 45.9 Å². The van der Waals surface area contributed by atoms with E-state index in [4.69, 9.17) is 4.74 Å². The Morgan fingerprint density at radius 1 is 1.20 bits per heavy atom. The smallest absolute Gasteiger partial charge is 0.331 e. The maximum Gasteiger partial charge on any atom is 0.331 e. The first-order valence-electron chi connectivity index (χ1n) is 8.04. The van der Waals surface area contributed by atoms with Gasteiger partial charge in [0.1, 0.15) is 0 Å². The highest BCUT2D eigenvalue weighted by Crippen LogP contribution is 2.14. The maximum atomic E-state index is 12.1. The second kappa shape index (κ2) is 7.79. The number of anilines is 1. The quantitative estimate of drug-likeness (QED) is 0.670. The van der Waals surface area contributed by atoms with Crippen LogP contribution >= 0.6 is 0 Å². The molecule has 0 unspecified atom stereocenters. The van der Waals surface area contributed by atoms with Crippen molar-refractivity contribution in [2.24, 2.45) is 7.05 Å². The van der Waals surface area contributed by atoms with E-state index in [1.165, 1.54) is 13.0 Å². The van der Waals surface area contributed by atoms with Gasteiger partial charge in [0.2, 0.25) is 0 Å². The summed E-state index contributed by atoms with van der Waals surface area (Å²) in [6.45, 7) is 7.29. The van der Waals surface area contributed by atoms with Crippen LogP contribution in [0.5, 0.6) is 0 Å². The summed E-state index contributed by atoms with van der Waals surface area (Å²) in [7, 11) is 1.84. The van der Waals surface area contributed by atoms with Gasteiger partial charge in [-0.2, -0.15) is 5.10 Å². The lowest BCUT2D eigenvalue weighted by molar-refractivity contribution is -0.148. The fraction of sp³-hybridized carbons (Fsp3) is 0.316. The molecule has 0 aliphatic carbocycles. The van der Waals surface area contributed by atoms with Gasteiger partial charge in [0, 0.05) is 30.1 Å². The number of rotatable bonds is 5. The molecule has 132 valence electrons. The van der Waals surface area contributed by atoms with E-state index in [0.29, 0.717) is 5.69 Å². The minimum Gasteiger partial charge on any atom is -0.449 e. The van der Waals surface area contributed by atoms with Crippen LogP contribution in [0, 0.1) is 20.8 Å². The number of nitrogens with one attached hydrogen (secondary N) is 1. The Hall–Kier alpha value is -2.89. The van der Waals surface area contributed by atoms with Gasteiger partial charge in [0.15, 0.2) is 6.10 Å². The molecule has 0 radical (unpaired) electrons. The minimum atomic E-state index is -0.894. The lowest BCUT2D eigenvalue weighted by atomic mass is 10.2. The normalized spacial score (nSPS) is 12.2. The molecule has 1 aromatic heterocycles. The Morgan fingerprint density at radius 3 is 2.40 bits per heavy atom. The molecule has 0 bridgehead atoms. The number of aryl methyl sites for hydroxylation is 3. The first-order chi connectivity index (χ1) is 11.8. The van der Waals surface area contributed by atoms with E-state index in [1.807, 2.05) is 40.0 Å². The number of esters is 1. The molecule has 0 saturated carbocycles. The van der Waals surface area contributed by atoms with Crippen LogP contribution in [-0.4, -0.2) is 27.8 Å². The molecule has 0 saturated heterocycles. The maximum absolute atomic E-state index is 12.1. The molecule has 6 heteroatoms. The topological polar surface area (TPSA) is 73.2 Å². The van der Waals surface area contributed by atoms with Gasteiger partial charge in [-0.25, -0.2) is 4.79 Å². The molecule has 1 aromatic carbocycles. The average molecular weight is 341 g/mol. The Kier molecular flexibility index (Phi) is 5.75. The summed E-state index contributed by atoms with van der Waals surface area (Å²) in [4.78, 5) is 24.0. The molecule has 6 nitrogen and oxygen atoms in total. The molecule has 0 aliphatic heterocycles. The van der Waals surface area contributed by atoms with Crippen LogP contribution < -0.4 is 5.32 Å². The molecule has 1 N–H and O–H groups in total. The lowest BCUT2D eigenvalue weighted by Crippen LogP contribution is -2.29. The standard InChI is InChI=1S/C19H23N3O3/c1-12-6-8-16(9-7-12)20-19(24)15(4)25-18(23)11-10-17-13(2)21-22(5)14(17)3/h6-11,15H,1-5H3,(H,20,24)/b11-10+/t15-/m1/s1. The van der Waals surface area contributed by atoms with Crippen molar-refractivity contribution >= 4 is 23.6 Å². The van der Waals surface area contributed by atoms with Crippen LogP contribution in [-0.2, 0) is 21.4 Å². The fourth-order valence-corrected chi connectivity index (χ4v) is 2.33. The molecule has 2 aromatic rings. The zero-order valence-electron chi connectivity index (χ0n) is 15.2. The monoisotopic (exact) mass is 341 g/mol. The summed E-state index contributed by atoms with van der Waals surface area (Å²) >= 11 is 0. The summed E-state index contributed by atoms with van der Waals surface area (Å²) in [6, 6.07) is 7.40. The van der Waals surface area contributed by atoms with E-state index < -0.39 is 12.1 Å². The van der Waals surface area contributed by atoms with Crippen LogP contribution in [0.25, 0.3) is 6.08 Å². The fourth-order valence-electron chi connectivity index (χ4n) is 2.33. The molecular weight excluding hydrogens is 318 g/mol. The van der Waals surface area contributed by atoms with Crippen molar-refractivity contribution in [1.29, 1.82) is 0 Å². The first kappa shape index (κ1) is 18.4. The van der Waals surface area contributed by atoms with Crippen LogP contribution in [0.15, 0.2) is 30.3 Å². The highest BCUT2D eigenvalue weighted by molar-refractivity contribution is 5.96. The predicted molar refractivity (Wildman–Crippen MR) is 97.1 cm³/mol. The third kappa shape index (κ3) is 4.79. The van der Waals surface area contributed by atoms with E-state index in [2.05, 4.69) is 10.4 Å². The largest absolute Gasteiger partial charge is 0.449 e. The zero-order valence-corrected chi connectivity index (χ0v) is 15.2. The molecule has 1 amide bonds. The second-order valence-electron chi connectivity index (χ2n) is 5.98. The Balaban J connectivity index is 1.93. The van der Waals surface area contributed by atoms with Gasteiger partial charge in [-0.15, -0.1) is 0 Å². The number of hydrogen-bond acceptors (Lipinski definition) is 4. The average Bonchev–Trinajstić information content (AvgIpc) is 2.80. The van der Waals surface area contributed by atoms with Crippen LogP contribution in [0.4, 0.5) is 5.69 Å². The highest BCUT2D eigenvalue weighted by atomic mass is 16.5. The minimum absolute atomic E-state index is 0.376. The lowest BCUT2D eigenvalue weighted by Gasteiger charge is -2.12. The van der Waals surface area contributed by atoms with Crippen molar-refractivity contribution in [2.45, 2.75) is 33.8 Å². The zero-order chi connectivity index (χ0) is 18.6. The Labute approximate surface area is 147 Å². The van der Waals surface area contributed by atoms with Crippen LogP contribution in [0.3, 0.4) is 0 Å². The SMILES string of the molecule is Cc1ccc(NC(=O)[C@@H](C)OC(=O)/C=C/c2c(C)nn(C)c2C)cc1. The number of amides is 1. The van der Waals surface area contributed by atoms with Gasteiger partial charge >= 0.3 is 5.97 Å². The Morgan fingerprint density at radius 2 is 1.84 bits per heavy atom. The van der Waals surface area contributed by atoms with Crippen molar-refractivity contribution in [1.82, 2.24) is 9.78 Å². The van der Waals surface area contributed by atoms with Gasteiger partial charge < -0.3 is 10.1 Å². The van der Waals surface area contributed by atoms with E-state index in [1.54, 1.807) is 22.9 Å². The number of ether oxygens (including phenoxy) is 1. The third-order valence-corrected chi connectivity index (χ3v) is 3.93. The van der Waals surface area contributed by atoms with Crippen molar-refractivity contribution in [3.63, 3.8) is 0 Å². The number of nitrogens with zero attached hydrogens (tertiary/aromatic N) is 2. The molecule has 1 heterocycles. The van der Waals surface area contributed by atoms with Crippen molar-refractivity contribution < 1.29 is 14.3 Å². The molecule has 25 heavy (non-hydrogen) atoms. The first-order valence-corrected chi connectivity index (χ1v) is 8.04. The van der Waals surface area contributed by atoms with Crippen molar-refractivity contribution in [3.8, 4) is 0 Å². The van der Waals surface area contributed by atoms with E-state index in [0.717, 1.165) is 22.5 Å². The molecular formula is C19H23N3O3. The van der Waals surface area contributed by atoms with Crippen LogP contribution in [0.2, 0.25) is 0 Å². The molecule has 0 fully saturated rings. The summed E-state index contributed by atoms with van der Waals surface area (Å²) in [5.74, 6) is -0.950. The van der Waals surface area contributed by atoms with E-state index in [-0.39, 0.29) is 5.91 Å². The van der Waals surface area contributed by atoms with Crippen molar-refractivity contribution in [2.75, 3.05) is 5.32 Å². The summed E-state index contributed by atoms with van der Waals surface area (Å²) < 4.78 is 6.90. The number of carbonyl (C=O) groups is 2. The molecule has 2 rings (SSSR count). The van der Waals surface area contributed by atoms with E-state index >= 15 is 0 Å². The number of benzene rings is 1. The van der Waals surface area contributed by atoms with Gasteiger partial charge in [0.25, 0.3) is 5.91 Å².